The first-order valence-corrected chi connectivity index (χ1v) is 11.9. The molecule has 11 nitrogen and oxygen atoms in total. The number of primary amides is 1. The highest BCUT2D eigenvalue weighted by Gasteiger charge is 2.29. The number of aryl methyl sites for hydroxylation is 1. The predicted octanol–water partition coefficient (Wildman–Crippen LogP) is 4.28. The largest absolute Gasteiger partial charge is 0.454 e. The van der Waals surface area contributed by atoms with Gasteiger partial charge in [0.2, 0.25) is 6.79 Å². The van der Waals surface area contributed by atoms with E-state index < -0.39 is 16.7 Å². The predicted molar refractivity (Wildman–Crippen MR) is 137 cm³/mol. The summed E-state index contributed by atoms with van der Waals surface area (Å²) < 4.78 is 12.6. The number of anilines is 1. The molecule has 190 valence electrons. The fourth-order valence-electron chi connectivity index (χ4n) is 4.72. The summed E-state index contributed by atoms with van der Waals surface area (Å²) in [5, 5.41) is 18.3. The molecule has 0 spiro atoms. The Bertz CT molecular complexity index is 1680. The molecule has 0 fully saturated rings. The number of rotatable bonds is 5. The molecule has 2 amide bonds. The number of fused-ring (bicyclic) bond motifs is 4. The molecule has 2 aliphatic rings. The first-order valence-electron chi connectivity index (χ1n) is 11.5. The van der Waals surface area contributed by atoms with Gasteiger partial charge in [0.25, 0.3) is 17.5 Å². The third-order valence-corrected chi connectivity index (χ3v) is 6.81. The summed E-state index contributed by atoms with van der Waals surface area (Å²) in [6.07, 6.45) is 1.22. The van der Waals surface area contributed by atoms with Crippen LogP contribution in [0.25, 0.3) is 16.9 Å². The zero-order chi connectivity index (χ0) is 26.6. The monoisotopic (exact) mass is 531 g/mol. The van der Waals surface area contributed by atoms with E-state index in [1.165, 1.54) is 12.1 Å². The lowest BCUT2D eigenvalue weighted by Gasteiger charge is -2.20. The van der Waals surface area contributed by atoms with Crippen molar-refractivity contribution in [1.29, 1.82) is 0 Å². The number of aromatic nitrogens is 2. The van der Waals surface area contributed by atoms with Crippen molar-refractivity contribution in [2.75, 3.05) is 12.1 Å². The van der Waals surface area contributed by atoms with Crippen LogP contribution in [0.2, 0.25) is 5.02 Å². The fraction of sp³-hybridized carbons (Fsp3) is 0.115. The summed E-state index contributed by atoms with van der Waals surface area (Å²) >= 11 is 6.14. The molecule has 1 aliphatic carbocycles. The van der Waals surface area contributed by atoms with Gasteiger partial charge in [-0.2, -0.15) is 5.10 Å². The van der Waals surface area contributed by atoms with E-state index in [0.29, 0.717) is 47.0 Å². The van der Waals surface area contributed by atoms with Crippen molar-refractivity contribution in [3.63, 3.8) is 0 Å². The van der Waals surface area contributed by atoms with Gasteiger partial charge in [0.15, 0.2) is 17.2 Å². The van der Waals surface area contributed by atoms with Crippen LogP contribution < -0.4 is 20.5 Å². The number of amides is 2. The van der Waals surface area contributed by atoms with Gasteiger partial charge in [0.1, 0.15) is 0 Å². The number of non-ortho nitro benzene ring substituents is 1. The molecule has 2 heterocycles. The van der Waals surface area contributed by atoms with Gasteiger partial charge in [-0.25, -0.2) is 4.68 Å². The topological polar surface area (TPSA) is 152 Å². The van der Waals surface area contributed by atoms with E-state index in [9.17, 15) is 19.7 Å². The highest BCUT2D eigenvalue weighted by molar-refractivity contribution is 6.34. The van der Waals surface area contributed by atoms with E-state index in [1.54, 1.807) is 28.9 Å². The van der Waals surface area contributed by atoms with E-state index in [0.717, 1.165) is 17.2 Å². The highest BCUT2D eigenvalue weighted by atomic mass is 35.5. The summed E-state index contributed by atoms with van der Waals surface area (Å²) in [6, 6.07) is 14.5. The molecule has 3 N–H and O–H groups in total. The van der Waals surface area contributed by atoms with Crippen LogP contribution in [0.4, 0.5) is 11.4 Å². The van der Waals surface area contributed by atoms with Gasteiger partial charge in [-0.3, -0.25) is 19.7 Å². The molecule has 0 saturated carbocycles. The molecule has 6 rings (SSSR count). The lowest BCUT2D eigenvalue weighted by Crippen LogP contribution is -2.16. The van der Waals surface area contributed by atoms with E-state index in [1.807, 2.05) is 12.1 Å². The number of benzene rings is 3. The number of nitro groups is 1. The summed E-state index contributed by atoms with van der Waals surface area (Å²) in [5.41, 5.74) is 10.0. The number of nitrogens with zero attached hydrogens (tertiary/aromatic N) is 3. The average molecular weight is 532 g/mol. The Balaban J connectivity index is 1.41. The molecular weight excluding hydrogens is 514 g/mol. The number of nitrogens with two attached hydrogens (primary N) is 1. The number of halogens is 1. The molecule has 0 bridgehead atoms. The number of ether oxygens (including phenoxy) is 2. The van der Waals surface area contributed by atoms with Crippen molar-refractivity contribution >= 4 is 34.8 Å². The second kappa shape index (κ2) is 8.89. The number of hydrogen-bond acceptors (Lipinski definition) is 7. The maximum Gasteiger partial charge on any atom is 0.270 e. The molecule has 12 heteroatoms. The third-order valence-electron chi connectivity index (χ3n) is 6.49. The lowest BCUT2D eigenvalue weighted by molar-refractivity contribution is -0.384. The Morgan fingerprint density at radius 2 is 1.87 bits per heavy atom. The number of hydrogen-bond donors (Lipinski definition) is 2. The minimum atomic E-state index is -0.638. The zero-order valence-electron chi connectivity index (χ0n) is 19.6. The third kappa shape index (κ3) is 3.89. The Morgan fingerprint density at radius 1 is 1.05 bits per heavy atom. The van der Waals surface area contributed by atoms with Crippen molar-refractivity contribution < 1.29 is 24.0 Å². The number of carbonyl (C=O) groups excluding carboxylic acids is 2. The van der Waals surface area contributed by atoms with E-state index >= 15 is 0 Å². The van der Waals surface area contributed by atoms with Crippen LogP contribution in [-0.4, -0.2) is 33.3 Å². The van der Waals surface area contributed by atoms with Crippen LogP contribution in [0.3, 0.4) is 0 Å². The molecule has 0 radical (unpaired) electrons. The van der Waals surface area contributed by atoms with Crippen LogP contribution in [0.1, 0.15) is 32.0 Å². The summed E-state index contributed by atoms with van der Waals surface area (Å²) in [5.74, 6) is 0.00838. The second-order valence-corrected chi connectivity index (χ2v) is 9.14. The Morgan fingerprint density at radius 3 is 2.63 bits per heavy atom. The summed E-state index contributed by atoms with van der Waals surface area (Å²) in [4.78, 5) is 35.6. The SMILES string of the molecule is NC(=O)c1nn(-c2ccc3c(c2)OCO3)c2c1CCc1ccc(NC(=O)c3ccc([N+](=O)[O-])cc3Cl)cc1-2. The molecule has 3 aromatic carbocycles. The molecular formula is C26H18ClN5O6. The number of nitro benzene ring substituents is 1. The summed E-state index contributed by atoms with van der Waals surface area (Å²) in [6.45, 7) is 0.118. The van der Waals surface area contributed by atoms with Gasteiger partial charge >= 0.3 is 0 Å². The Hall–Kier alpha value is -4.90. The quantitative estimate of drug-likeness (QED) is 0.288. The Labute approximate surface area is 219 Å². The van der Waals surface area contributed by atoms with Crippen LogP contribution in [0.5, 0.6) is 11.5 Å². The second-order valence-electron chi connectivity index (χ2n) is 8.74. The van der Waals surface area contributed by atoms with E-state index in [4.69, 9.17) is 26.8 Å². The van der Waals surface area contributed by atoms with Gasteiger partial charge in [-0.15, -0.1) is 0 Å². The van der Waals surface area contributed by atoms with Crippen molar-refractivity contribution in [2.24, 2.45) is 5.73 Å². The summed E-state index contributed by atoms with van der Waals surface area (Å²) in [7, 11) is 0. The van der Waals surface area contributed by atoms with E-state index in [2.05, 4.69) is 10.4 Å². The first-order chi connectivity index (χ1) is 18.3. The number of nitrogens with one attached hydrogen (secondary N) is 1. The first kappa shape index (κ1) is 23.5. The van der Waals surface area contributed by atoms with Crippen molar-refractivity contribution in [2.45, 2.75) is 12.8 Å². The maximum atomic E-state index is 13.0. The standard InChI is InChI=1S/C26H18ClN5O6/c27-20-10-16(32(35)36)4-7-17(20)26(34)29-14-3-1-13-2-6-18-23(25(28)33)30-31(24(18)19(13)9-14)15-5-8-21-22(11-15)38-12-37-21/h1,3-5,7-11H,2,6,12H2,(H2,28,33)(H,29,34). The van der Waals surface area contributed by atoms with Crippen LogP contribution in [0, 0.1) is 10.1 Å². The highest BCUT2D eigenvalue weighted by Crippen LogP contribution is 2.40. The fourth-order valence-corrected chi connectivity index (χ4v) is 4.98. The average Bonchev–Trinajstić information content (AvgIpc) is 3.53. The maximum absolute atomic E-state index is 13.0. The van der Waals surface area contributed by atoms with Gasteiger partial charge in [-0.05, 0) is 48.7 Å². The zero-order valence-corrected chi connectivity index (χ0v) is 20.3. The van der Waals surface area contributed by atoms with Crippen molar-refractivity contribution in [3.05, 3.63) is 92.1 Å². The molecule has 38 heavy (non-hydrogen) atoms. The Kier molecular flexibility index (Phi) is 5.50. The number of carbonyl (C=O) groups is 2. The van der Waals surface area contributed by atoms with Crippen molar-refractivity contribution in [1.82, 2.24) is 9.78 Å². The minimum Gasteiger partial charge on any atom is -0.454 e. The van der Waals surface area contributed by atoms with Gasteiger partial charge in [0, 0.05) is 35.0 Å². The van der Waals surface area contributed by atoms with Gasteiger partial charge in [-0.1, -0.05) is 17.7 Å². The minimum absolute atomic E-state index is 0.0380. The lowest BCUT2D eigenvalue weighted by atomic mass is 9.88. The molecule has 1 aromatic heterocycles. The van der Waals surface area contributed by atoms with Crippen LogP contribution in [-0.2, 0) is 12.8 Å². The molecule has 1 aliphatic heterocycles. The normalized spacial score (nSPS) is 13.0. The molecule has 0 atom stereocenters. The molecule has 4 aromatic rings. The molecule has 0 saturated heterocycles. The van der Waals surface area contributed by atoms with Crippen molar-refractivity contribution in [3.8, 4) is 28.4 Å². The van der Waals surface area contributed by atoms with Gasteiger partial charge in [0.05, 0.1) is 26.9 Å². The molecule has 0 unspecified atom stereocenters. The van der Waals surface area contributed by atoms with E-state index in [-0.39, 0.29) is 28.8 Å². The van der Waals surface area contributed by atoms with Crippen LogP contribution >= 0.6 is 11.6 Å². The van der Waals surface area contributed by atoms with Crippen LogP contribution in [0.15, 0.2) is 54.6 Å². The smallest absolute Gasteiger partial charge is 0.270 e. The van der Waals surface area contributed by atoms with Gasteiger partial charge < -0.3 is 20.5 Å².